The predicted octanol–water partition coefficient (Wildman–Crippen LogP) is 0.654. The maximum atomic E-state index is 11.6. The number of nitrogens with zero attached hydrogens (tertiary/aromatic N) is 1. The van der Waals surface area contributed by atoms with Crippen LogP contribution in [0.2, 0.25) is 0 Å². The van der Waals surface area contributed by atoms with Gasteiger partial charge < -0.3 is 20.4 Å². The summed E-state index contributed by atoms with van der Waals surface area (Å²) in [7, 11) is 1.61. The van der Waals surface area contributed by atoms with Gasteiger partial charge in [0.15, 0.2) is 0 Å². The van der Waals surface area contributed by atoms with E-state index in [4.69, 9.17) is 10.2 Å². The fourth-order valence-electron chi connectivity index (χ4n) is 1.10. The highest BCUT2D eigenvalue weighted by molar-refractivity contribution is 5.74. The zero-order chi connectivity index (χ0) is 13.5. The van der Waals surface area contributed by atoms with Crippen LogP contribution in [0.25, 0.3) is 0 Å². The first kappa shape index (κ1) is 15.7. The van der Waals surface area contributed by atoms with Crippen molar-refractivity contribution in [3.8, 4) is 0 Å². The van der Waals surface area contributed by atoms with Crippen LogP contribution in [-0.4, -0.2) is 52.9 Å². The van der Waals surface area contributed by atoms with Gasteiger partial charge in [-0.1, -0.05) is 0 Å². The molecule has 0 radical (unpaired) electrons. The number of carbonyl (C=O) groups is 2. The van der Waals surface area contributed by atoms with Gasteiger partial charge in [0.25, 0.3) is 0 Å². The van der Waals surface area contributed by atoms with Crippen LogP contribution in [0, 0.1) is 0 Å². The van der Waals surface area contributed by atoms with E-state index < -0.39 is 11.5 Å². The number of aliphatic carboxylic acids is 1. The number of carboxylic acids is 1. The Morgan fingerprint density at radius 2 is 1.88 bits per heavy atom. The van der Waals surface area contributed by atoms with E-state index in [0.29, 0.717) is 19.4 Å². The lowest BCUT2D eigenvalue weighted by Crippen LogP contribution is -2.51. The molecule has 0 saturated carbocycles. The summed E-state index contributed by atoms with van der Waals surface area (Å²) >= 11 is 0. The Labute approximate surface area is 102 Å². The van der Waals surface area contributed by atoms with Gasteiger partial charge in [-0.25, -0.2) is 4.79 Å². The lowest BCUT2D eigenvalue weighted by molar-refractivity contribution is -0.137. The van der Waals surface area contributed by atoms with Crippen LogP contribution in [0.4, 0.5) is 4.79 Å². The van der Waals surface area contributed by atoms with E-state index in [0.717, 1.165) is 0 Å². The van der Waals surface area contributed by atoms with Crippen LogP contribution >= 0.6 is 0 Å². The molecule has 0 aliphatic carbocycles. The van der Waals surface area contributed by atoms with Crippen molar-refractivity contribution < 1.29 is 19.8 Å². The van der Waals surface area contributed by atoms with Gasteiger partial charge in [-0.3, -0.25) is 4.79 Å². The number of aliphatic hydroxyl groups is 1. The maximum Gasteiger partial charge on any atom is 0.317 e. The SMILES string of the molecule is CN(C(=O)NCCCCC(=O)O)C(C)(C)CO. The predicted molar refractivity (Wildman–Crippen MR) is 63.8 cm³/mol. The van der Waals surface area contributed by atoms with E-state index in [1.807, 2.05) is 0 Å². The molecule has 0 heterocycles. The number of hydrogen-bond acceptors (Lipinski definition) is 3. The summed E-state index contributed by atoms with van der Waals surface area (Å²) in [6, 6.07) is -0.264. The highest BCUT2D eigenvalue weighted by atomic mass is 16.4. The monoisotopic (exact) mass is 246 g/mol. The zero-order valence-corrected chi connectivity index (χ0v) is 10.7. The minimum absolute atomic E-state index is 0.115. The molecule has 0 aromatic carbocycles. The van der Waals surface area contributed by atoms with Crippen molar-refractivity contribution in [3.05, 3.63) is 0 Å². The molecule has 0 fully saturated rings. The number of likely N-dealkylation sites (N-methyl/N-ethyl adjacent to an activating group) is 1. The molecule has 0 aromatic rings. The van der Waals surface area contributed by atoms with E-state index in [9.17, 15) is 9.59 Å². The Balaban J connectivity index is 3.83. The summed E-state index contributed by atoms with van der Waals surface area (Å²) in [5.74, 6) is -0.824. The Hall–Kier alpha value is -1.30. The third-order valence-electron chi connectivity index (χ3n) is 2.69. The number of nitrogens with one attached hydrogen (secondary N) is 1. The lowest BCUT2D eigenvalue weighted by Gasteiger charge is -2.33. The van der Waals surface area contributed by atoms with Gasteiger partial charge >= 0.3 is 12.0 Å². The number of carbonyl (C=O) groups excluding carboxylic acids is 1. The van der Waals surface area contributed by atoms with Crippen LogP contribution < -0.4 is 5.32 Å². The zero-order valence-electron chi connectivity index (χ0n) is 10.7. The molecule has 0 saturated heterocycles. The lowest BCUT2D eigenvalue weighted by atomic mass is 10.1. The molecule has 0 aromatic heterocycles. The Bertz CT molecular complexity index is 266. The average molecular weight is 246 g/mol. The topological polar surface area (TPSA) is 89.9 Å². The largest absolute Gasteiger partial charge is 0.481 e. The molecule has 0 rings (SSSR count). The normalized spacial score (nSPS) is 11.1. The van der Waals surface area contributed by atoms with Crippen molar-refractivity contribution in [2.24, 2.45) is 0 Å². The number of rotatable bonds is 7. The van der Waals surface area contributed by atoms with E-state index in [1.54, 1.807) is 20.9 Å². The molecule has 6 heteroatoms. The maximum absolute atomic E-state index is 11.6. The first-order chi connectivity index (χ1) is 7.81. The van der Waals surface area contributed by atoms with Gasteiger partial charge in [0.1, 0.15) is 0 Å². The second-order valence-corrected chi connectivity index (χ2v) is 4.61. The minimum atomic E-state index is -0.824. The van der Waals surface area contributed by atoms with Gasteiger partial charge in [-0.2, -0.15) is 0 Å². The quantitative estimate of drug-likeness (QED) is 0.575. The average Bonchev–Trinajstić information content (AvgIpc) is 2.26. The molecule has 0 atom stereocenters. The Kier molecular flexibility index (Phi) is 6.57. The highest BCUT2D eigenvalue weighted by Crippen LogP contribution is 2.10. The van der Waals surface area contributed by atoms with Crippen molar-refractivity contribution in [1.29, 1.82) is 0 Å². The van der Waals surface area contributed by atoms with Crippen LogP contribution in [0.5, 0.6) is 0 Å². The summed E-state index contributed by atoms with van der Waals surface area (Å²) in [6.45, 7) is 3.85. The van der Waals surface area contributed by atoms with Crippen LogP contribution in [0.15, 0.2) is 0 Å². The summed E-state index contributed by atoms with van der Waals surface area (Å²) in [5.41, 5.74) is -0.606. The fraction of sp³-hybridized carbons (Fsp3) is 0.818. The smallest absolute Gasteiger partial charge is 0.317 e. The molecule has 0 aliphatic heterocycles. The molecule has 0 unspecified atom stereocenters. The van der Waals surface area contributed by atoms with Gasteiger partial charge in [0.2, 0.25) is 0 Å². The number of carboxylic acid groups (broad SMARTS) is 1. The molecular formula is C11H22N2O4. The van der Waals surface area contributed by atoms with E-state index in [-0.39, 0.29) is 19.1 Å². The summed E-state index contributed by atoms with van der Waals surface area (Å²) in [4.78, 5) is 23.3. The summed E-state index contributed by atoms with van der Waals surface area (Å²) in [5, 5.41) is 20.2. The van der Waals surface area contributed by atoms with Crippen molar-refractivity contribution >= 4 is 12.0 Å². The highest BCUT2D eigenvalue weighted by Gasteiger charge is 2.26. The second-order valence-electron chi connectivity index (χ2n) is 4.61. The molecule has 17 heavy (non-hydrogen) atoms. The van der Waals surface area contributed by atoms with Crippen molar-refractivity contribution in [2.45, 2.75) is 38.6 Å². The van der Waals surface area contributed by atoms with Crippen molar-refractivity contribution in [2.75, 3.05) is 20.2 Å². The van der Waals surface area contributed by atoms with Crippen LogP contribution in [0.3, 0.4) is 0 Å². The van der Waals surface area contributed by atoms with Crippen LogP contribution in [-0.2, 0) is 4.79 Å². The summed E-state index contributed by atoms with van der Waals surface area (Å²) < 4.78 is 0. The van der Waals surface area contributed by atoms with Crippen LogP contribution in [0.1, 0.15) is 33.1 Å². The van der Waals surface area contributed by atoms with E-state index in [2.05, 4.69) is 5.32 Å². The number of hydrogen-bond donors (Lipinski definition) is 3. The van der Waals surface area contributed by atoms with Crippen molar-refractivity contribution in [1.82, 2.24) is 10.2 Å². The van der Waals surface area contributed by atoms with Crippen molar-refractivity contribution in [3.63, 3.8) is 0 Å². The third kappa shape index (κ3) is 6.11. The molecule has 0 aliphatic rings. The van der Waals surface area contributed by atoms with E-state index >= 15 is 0 Å². The first-order valence-electron chi connectivity index (χ1n) is 5.65. The number of amides is 2. The molecule has 0 spiro atoms. The molecule has 2 amide bonds. The number of urea groups is 1. The van der Waals surface area contributed by atoms with Gasteiger partial charge in [-0.15, -0.1) is 0 Å². The third-order valence-corrected chi connectivity index (χ3v) is 2.69. The Morgan fingerprint density at radius 1 is 1.29 bits per heavy atom. The second kappa shape index (κ2) is 7.11. The van der Waals surface area contributed by atoms with Gasteiger partial charge in [-0.05, 0) is 26.7 Å². The van der Waals surface area contributed by atoms with E-state index in [1.165, 1.54) is 4.90 Å². The van der Waals surface area contributed by atoms with Gasteiger partial charge in [0, 0.05) is 20.0 Å². The standard InChI is InChI=1S/C11H22N2O4/c1-11(2,8-14)13(3)10(17)12-7-5-4-6-9(15)16/h14H,4-8H2,1-3H3,(H,12,17)(H,15,16). The van der Waals surface area contributed by atoms with Gasteiger partial charge in [0.05, 0.1) is 12.1 Å². The molecule has 100 valence electrons. The molecular weight excluding hydrogens is 224 g/mol. The number of unbranched alkanes of at least 4 members (excludes halogenated alkanes) is 1. The molecule has 0 bridgehead atoms. The number of aliphatic hydroxyl groups excluding tert-OH is 1. The summed E-state index contributed by atoms with van der Waals surface area (Å²) in [6.07, 6.45) is 1.29. The Morgan fingerprint density at radius 3 is 2.35 bits per heavy atom. The molecule has 3 N–H and O–H groups in total. The molecule has 6 nitrogen and oxygen atoms in total. The minimum Gasteiger partial charge on any atom is -0.481 e. The fourth-order valence-corrected chi connectivity index (χ4v) is 1.10. The first-order valence-corrected chi connectivity index (χ1v) is 5.65.